The van der Waals surface area contributed by atoms with E-state index in [2.05, 4.69) is 15.6 Å². The van der Waals surface area contributed by atoms with Gasteiger partial charge in [-0.05, 0) is 50.2 Å². The van der Waals surface area contributed by atoms with E-state index in [9.17, 15) is 4.79 Å². The Bertz CT molecular complexity index is 632. The number of aryl methyl sites for hydroxylation is 1. The molecule has 0 bridgehead atoms. The van der Waals surface area contributed by atoms with E-state index >= 15 is 0 Å². The van der Waals surface area contributed by atoms with Crippen LogP contribution >= 0.6 is 11.8 Å². The van der Waals surface area contributed by atoms with Crippen molar-refractivity contribution in [3.63, 3.8) is 0 Å². The molecule has 3 rings (SSSR count). The zero-order chi connectivity index (χ0) is 15.4. The molecule has 1 aliphatic rings. The van der Waals surface area contributed by atoms with Gasteiger partial charge >= 0.3 is 0 Å². The van der Waals surface area contributed by atoms with Crippen molar-refractivity contribution >= 4 is 23.4 Å². The van der Waals surface area contributed by atoms with Gasteiger partial charge in [0.15, 0.2) is 5.16 Å². The molecule has 2 heterocycles. The Morgan fingerprint density at radius 3 is 2.68 bits per heavy atom. The number of piperidine rings is 1. The van der Waals surface area contributed by atoms with Crippen molar-refractivity contribution in [3.05, 3.63) is 36.7 Å². The van der Waals surface area contributed by atoms with Gasteiger partial charge in [-0.1, -0.05) is 11.8 Å². The second-order valence-electron chi connectivity index (χ2n) is 5.46. The first-order chi connectivity index (χ1) is 10.7. The fraction of sp³-hybridized carbons (Fsp3) is 0.375. The molecule has 1 fully saturated rings. The normalized spacial score (nSPS) is 15.7. The maximum Gasteiger partial charge on any atom is 0.227 e. The molecule has 0 unspecified atom stereocenters. The molecule has 2 N–H and O–H groups in total. The Morgan fingerprint density at radius 1 is 1.32 bits per heavy atom. The van der Waals surface area contributed by atoms with Crippen LogP contribution in [0.25, 0.3) is 0 Å². The lowest BCUT2D eigenvalue weighted by atomic mass is 9.97. The van der Waals surface area contributed by atoms with E-state index in [-0.39, 0.29) is 11.8 Å². The van der Waals surface area contributed by atoms with Gasteiger partial charge in [-0.25, -0.2) is 4.98 Å². The average Bonchev–Trinajstić information content (AvgIpc) is 2.95. The number of aromatic nitrogens is 2. The summed E-state index contributed by atoms with van der Waals surface area (Å²) in [6.07, 6.45) is 5.55. The number of rotatable bonds is 4. The van der Waals surface area contributed by atoms with E-state index < -0.39 is 0 Å². The summed E-state index contributed by atoms with van der Waals surface area (Å²) in [5, 5.41) is 7.24. The largest absolute Gasteiger partial charge is 0.329 e. The number of hydrogen-bond acceptors (Lipinski definition) is 4. The molecule has 1 aromatic heterocycles. The molecule has 5 nitrogen and oxygen atoms in total. The van der Waals surface area contributed by atoms with Gasteiger partial charge in [-0.15, -0.1) is 0 Å². The molecule has 116 valence electrons. The highest BCUT2D eigenvalue weighted by Crippen LogP contribution is 2.27. The smallest absolute Gasteiger partial charge is 0.227 e. The first-order valence-corrected chi connectivity index (χ1v) is 8.31. The summed E-state index contributed by atoms with van der Waals surface area (Å²) in [5.74, 6) is 0.258. The highest BCUT2D eigenvalue weighted by molar-refractivity contribution is 7.99. The molecule has 2 aromatic rings. The van der Waals surface area contributed by atoms with Crippen molar-refractivity contribution in [2.24, 2.45) is 13.0 Å². The third kappa shape index (κ3) is 3.69. The number of anilines is 1. The summed E-state index contributed by atoms with van der Waals surface area (Å²) in [5.41, 5.74) is 0.854. The van der Waals surface area contributed by atoms with Crippen LogP contribution < -0.4 is 10.6 Å². The van der Waals surface area contributed by atoms with Crippen molar-refractivity contribution in [2.75, 3.05) is 18.4 Å². The fourth-order valence-corrected chi connectivity index (χ4v) is 3.29. The predicted molar refractivity (Wildman–Crippen MR) is 88.0 cm³/mol. The van der Waals surface area contributed by atoms with E-state index in [1.165, 1.54) is 0 Å². The van der Waals surface area contributed by atoms with E-state index in [0.717, 1.165) is 41.7 Å². The van der Waals surface area contributed by atoms with Crippen LogP contribution in [-0.4, -0.2) is 28.5 Å². The molecule has 1 aliphatic heterocycles. The van der Waals surface area contributed by atoms with Gasteiger partial charge in [0.2, 0.25) is 5.91 Å². The average molecular weight is 316 g/mol. The third-order valence-electron chi connectivity index (χ3n) is 3.82. The van der Waals surface area contributed by atoms with Gasteiger partial charge in [-0.2, -0.15) is 0 Å². The number of hydrogen-bond donors (Lipinski definition) is 2. The molecular formula is C16H20N4OS. The first-order valence-electron chi connectivity index (χ1n) is 7.49. The number of carbonyl (C=O) groups is 1. The summed E-state index contributed by atoms with van der Waals surface area (Å²) in [4.78, 5) is 17.6. The molecule has 1 saturated heterocycles. The quantitative estimate of drug-likeness (QED) is 0.910. The maximum atomic E-state index is 12.2. The number of amides is 1. The molecule has 0 radical (unpaired) electrons. The van der Waals surface area contributed by atoms with Gasteiger partial charge in [-0.3, -0.25) is 4.79 Å². The van der Waals surface area contributed by atoms with Gasteiger partial charge in [0.25, 0.3) is 0 Å². The second-order valence-corrected chi connectivity index (χ2v) is 6.50. The maximum absolute atomic E-state index is 12.2. The van der Waals surface area contributed by atoms with Crippen LogP contribution in [-0.2, 0) is 11.8 Å². The van der Waals surface area contributed by atoms with Crippen LogP contribution in [0.5, 0.6) is 0 Å². The minimum Gasteiger partial charge on any atom is -0.329 e. The predicted octanol–water partition coefficient (Wildman–Crippen LogP) is 2.51. The van der Waals surface area contributed by atoms with Crippen LogP contribution in [0.15, 0.2) is 46.7 Å². The van der Waals surface area contributed by atoms with E-state index in [1.54, 1.807) is 18.0 Å². The van der Waals surface area contributed by atoms with Gasteiger partial charge in [0.1, 0.15) is 0 Å². The molecule has 6 heteroatoms. The van der Waals surface area contributed by atoms with Crippen molar-refractivity contribution in [2.45, 2.75) is 22.9 Å². The lowest BCUT2D eigenvalue weighted by Gasteiger charge is -2.21. The van der Waals surface area contributed by atoms with Crippen LogP contribution in [0, 0.1) is 5.92 Å². The van der Waals surface area contributed by atoms with Gasteiger partial charge in [0, 0.05) is 35.9 Å². The molecular weight excluding hydrogens is 296 g/mol. The SMILES string of the molecule is Cn1ccnc1Sc1ccc(NC(=O)C2CCNCC2)cc1. The number of nitrogens with one attached hydrogen (secondary N) is 2. The number of imidazole rings is 1. The third-order valence-corrected chi connectivity index (χ3v) is 4.90. The van der Waals surface area contributed by atoms with Crippen molar-refractivity contribution in [1.82, 2.24) is 14.9 Å². The highest BCUT2D eigenvalue weighted by atomic mass is 32.2. The van der Waals surface area contributed by atoms with Gasteiger partial charge in [0.05, 0.1) is 0 Å². The van der Waals surface area contributed by atoms with Crippen LogP contribution in [0.1, 0.15) is 12.8 Å². The Labute approximate surface area is 134 Å². The summed E-state index contributed by atoms with van der Waals surface area (Å²) in [6, 6.07) is 7.92. The van der Waals surface area contributed by atoms with E-state index in [4.69, 9.17) is 0 Å². The van der Waals surface area contributed by atoms with Crippen molar-refractivity contribution in [1.29, 1.82) is 0 Å². The number of carbonyl (C=O) groups excluding carboxylic acids is 1. The zero-order valence-electron chi connectivity index (χ0n) is 12.6. The molecule has 0 spiro atoms. The van der Waals surface area contributed by atoms with Crippen molar-refractivity contribution in [3.8, 4) is 0 Å². The van der Waals surface area contributed by atoms with Crippen LogP contribution in [0.4, 0.5) is 5.69 Å². The number of benzene rings is 1. The van der Waals surface area contributed by atoms with Crippen LogP contribution in [0.2, 0.25) is 0 Å². The summed E-state index contributed by atoms with van der Waals surface area (Å²) < 4.78 is 1.98. The summed E-state index contributed by atoms with van der Waals surface area (Å²) >= 11 is 1.61. The highest BCUT2D eigenvalue weighted by Gasteiger charge is 2.20. The molecule has 0 atom stereocenters. The molecule has 0 aliphatic carbocycles. The fourth-order valence-electron chi connectivity index (χ4n) is 2.49. The monoisotopic (exact) mass is 316 g/mol. The number of nitrogens with zero attached hydrogens (tertiary/aromatic N) is 2. The zero-order valence-corrected chi connectivity index (χ0v) is 13.4. The summed E-state index contributed by atoms with van der Waals surface area (Å²) in [6.45, 7) is 1.86. The van der Waals surface area contributed by atoms with E-state index in [0.29, 0.717) is 0 Å². The lowest BCUT2D eigenvalue weighted by molar-refractivity contribution is -0.120. The van der Waals surface area contributed by atoms with E-state index in [1.807, 2.05) is 42.1 Å². The topological polar surface area (TPSA) is 59.0 Å². The molecule has 1 amide bonds. The molecule has 22 heavy (non-hydrogen) atoms. The second kappa shape index (κ2) is 6.98. The lowest BCUT2D eigenvalue weighted by Crippen LogP contribution is -2.34. The Kier molecular flexibility index (Phi) is 4.80. The van der Waals surface area contributed by atoms with Crippen LogP contribution in [0.3, 0.4) is 0 Å². The summed E-state index contributed by atoms with van der Waals surface area (Å²) in [7, 11) is 1.98. The van der Waals surface area contributed by atoms with Gasteiger partial charge < -0.3 is 15.2 Å². The Balaban J connectivity index is 1.59. The Hall–Kier alpha value is -1.79. The minimum absolute atomic E-state index is 0.128. The van der Waals surface area contributed by atoms with Crippen molar-refractivity contribution < 1.29 is 4.79 Å². The molecule has 0 saturated carbocycles. The standard InChI is InChI=1S/C16H20N4OS/c1-20-11-10-18-16(20)22-14-4-2-13(3-5-14)19-15(21)12-6-8-17-9-7-12/h2-5,10-12,17H,6-9H2,1H3,(H,19,21). The Morgan fingerprint density at radius 2 is 2.05 bits per heavy atom. The first kappa shape index (κ1) is 15.1. The molecule has 1 aromatic carbocycles. The minimum atomic E-state index is 0.128.